The number of aliphatic carboxylic acids is 1. The van der Waals surface area contributed by atoms with Crippen molar-refractivity contribution in [2.45, 2.75) is 57.8 Å². The standard InChI is InChI=1S/C21H31N5O6/c1-11(2)17(23)20(30)25-14(9-13-7-5-4-6-8-13)19(29)24-12(3)18(28)26-15(21(31)32)10-16(22)27/h4-8,11-12,14-15,17H,9-10,23H2,1-3H3,(H2,22,27)(H,24,29)(H,25,30)(H,26,28)(H,31,32). The molecule has 1 aromatic rings. The maximum absolute atomic E-state index is 12.9. The quantitative estimate of drug-likeness (QED) is 0.227. The summed E-state index contributed by atoms with van der Waals surface area (Å²) in [5.74, 6) is -4.48. The Morgan fingerprint density at radius 3 is 1.94 bits per heavy atom. The highest BCUT2D eigenvalue weighted by Crippen LogP contribution is 2.06. The van der Waals surface area contributed by atoms with Crippen LogP contribution in [0.2, 0.25) is 0 Å². The lowest BCUT2D eigenvalue weighted by Crippen LogP contribution is -2.57. The van der Waals surface area contributed by atoms with Crippen LogP contribution in [0, 0.1) is 5.92 Å². The van der Waals surface area contributed by atoms with Gasteiger partial charge >= 0.3 is 5.97 Å². The number of carboxylic acids is 1. The molecule has 11 nitrogen and oxygen atoms in total. The van der Waals surface area contributed by atoms with E-state index < -0.39 is 60.2 Å². The summed E-state index contributed by atoms with van der Waals surface area (Å²) >= 11 is 0. The highest BCUT2D eigenvalue weighted by atomic mass is 16.4. The van der Waals surface area contributed by atoms with Gasteiger partial charge in [0.05, 0.1) is 12.5 Å². The molecule has 0 saturated heterocycles. The molecule has 1 aromatic carbocycles. The van der Waals surface area contributed by atoms with Gasteiger partial charge in [-0.15, -0.1) is 0 Å². The monoisotopic (exact) mass is 449 g/mol. The predicted octanol–water partition coefficient (Wildman–Crippen LogP) is -1.35. The Balaban J connectivity index is 2.90. The van der Waals surface area contributed by atoms with Crippen molar-refractivity contribution < 1.29 is 29.1 Å². The predicted molar refractivity (Wildman–Crippen MR) is 116 cm³/mol. The summed E-state index contributed by atoms with van der Waals surface area (Å²) in [6.07, 6.45) is -0.446. The third kappa shape index (κ3) is 8.72. The summed E-state index contributed by atoms with van der Waals surface area (Å²) in [6.45, 7) is 4.89. The average molecular weight is 450 g/mol. The number of benzene rings is 1. The van der Waals surface area contributed by atoms with Crippen molar-refractivity contribution in [3.05, 3.63) is 35.9 Å². The number of hydrogen-bond acceptors (Lipinski definition) is 6. The van der Waals surface area contributed by atoms with Crippen LogP contribution in [0.15, 0.2) is 30.3 Å². The number of amides is 4. The van der Waals surface area contributed by atoms with Crippen molar-refractivity contribution in [1.82, 2.24) is 16.0 Å². The van der Waals surface area contributed by atoms with Gasteiger partial charge < -0.3 is 32.5 Å². The van der Waals surface area contributed by atoms with Gasteiger partial charge in [0.15, 0.2) is 0 Å². The molecule has 0 saturated carbocycles. The molecule has 0 aromatic heterocycles. The largest absolute Gasteiger partial charge is 0.480 e. The Kier molecular flexibility index (Phi) is 10.3. The molecule has 0 bridgehead atoms. The van der Waals surface area contributed by atoms with E-state index in [9.17, 15) is 24.0 Å². The third-order valence-electron chi connectivity index (χ3n) is 4.71. The van der Waals surface area contributed by atoms with E-state index in [2.05, 4.69) is 16.0 Å². The van der Waals surface area contributed by atoms with Gasteiger partial charge in [-0.2, -0.15) is 0 Å². The fraction of sp³-hybridized carbons (Fsp3) is 0.476. The summed E-state index contributed by atoms with van der Waals surface area (Å²) in [5, 5.41) is 16.3. The second kappa shape index (κ2) is 12.4. The Morgan fingerprint density at radius 2 is 1.44 bits per heavy atom. The molecule has 32 heavy (non-hydrogen) atoms. The molecule has 0 radical (unpaired) electrons. The minimum Gasteiger partial charge on any atom is -0.480 e. The lowest BCUT2D eigenvalue weighted by atomic mass is 10.0. The van der Waals surface area contributed by atoms with E-state index in [4.69, 9.17) is 16.6 Å². The number of rotatable bonds is 12. The van der Waals surface area contributed by atoms with Gasteiger partial charge in [0.25, 0.3) is 0 Å². The van der Waals surface area contributed by atoms with Crippen molar-refractivity contribution in [2.24, 2.45) is 17.4 Å². The molecular weight excluding hydrogens is 418 g/mol. The molecule has 11 heteroatoms. The zero-order valence-corrected chi connectivity index (χ0v) is 18.3. The van der Waals surface area contributed by atoms with Gasteiger partial charge in [0.2, 0.25) is 23.6 Å². The average Bonchev–Trinajstić information content (AvgIpc) is 2.72. The minimum absolute atomic E-state index is 0.150. The van der Waals surface area contributed by atoms with E-state index >= 15 is 0 Å². The number of nitrogens with two attached hydrogens (primary N) is 2. The van der Waals surface area contributed by atoms with E-state index in [1.54, 1.807) is 38.1 Å². The molecule has 4 unspecified atom stereocenters. The van der Waals surface area contributed by atoms with E-state index in [0.717, 1.165) is 5.56 Å². The maximum atomic E-state index is 12.9. The zero-order valence-electron chi connectivity index (χ0n) is 18.3. The molecule has 8 N–H and O–H groups in total. The van der Waals surface area contributed by atoms with Crippen LogP contribution < -0.4 is 27.4 Å². The fourth-order valence-electron chi connectivity index (χ4n) is 2.71. The van der Waals surface area contributed by atoms with Gasteiger partial charge in [-0.3, -0.25) is 19.2 Å². The van der Waals surface area contributed by atoms with Crippen LogP contribution in [0.1, 0.15) is 32.8 Å². The van der Waals surface area contributed by atoms with E-state index in [1.165, 1.54) is 6.92 Å². The summed E-state index contributed by atoms with van der Waals surface area (Å²) in [5.41, 5.74) is 11.6. The Hall–Kier alpha value is -3.47. The summed E-state index contributed by atoms with van der Waals surface area (Å²) in [6, 6.07) is 4.42. The summed E-state index contributed by atoms with van der Waals surface area (Å²) in [4.78, 5) is 59.8. The van der Waals surface area contributed by atoms with Crippen LogP contribution in [0.5, 0.6) is 0 Å². The van der Waals surface area contributed by atoms with Crippen LogP contribution in [0.3, 0.4) is 0 Å². The SMILES string of the molecule is CC(NC(=O)C(Cc1ccccc1)NC(=O)C(N)C(C)C)C(=O)NC(CC(N)=O)C(=O)O. The maximum Gasteiger partial charge on any atom is 0.326 e. The lowest BCUT2D eigenvalue weighted by molar-refractivity contribution is -0.143. The van der Waals surface area contributed by atoms with Crippen molar-refractivity contribution in [2.75, 3.05) is 0 Å². The van der Waals surface area contributed by atoms with Crippen LogP contribution in [-0.2, 0) is 30.4 Å². The third-order valence-corrected chi connectivity index (χ3v) is 4.71. The van der Waals surface area contributed by atoms with Crippen molar-refractivity contribution in [1.29, 1.82) is 0 Å². The lowest BCUT2D eigenvalue weighted by Gasteiger charge is -2.24. The molecule has 0 spiro atoms. The van der Waals surface area contributed by atoms with Gasteiger partial charge in [-0.05, 0) is 18.4 Å². The summed E-state index contributed by atoms with van der Waals surface area (Å²) < 4.78 is 0. The molecule has 0 heterocycles. The first kappa shape index (κ1) is 26.6. The first-order chi connectivity index (χ1) is 14.9. The molecule has 0 fully saturated rings. The molecule has 4 atom stereocenters. The second-order valence-electron chi connectivity index (χ2n) is 7.82. The Labute approximate surface area is 186 Å². The van der Waals surface area contributed by atoms with E-state index in [0.29, 0.717) is 0 Å². The van der Waals surface area contributed by atoms with Crippen LogP contribution in [0.25, 0.3) is 0 Å². The van der Waals surface area contributed by atoms with Crippen LogP contribution in [0.4, 0.5) is 0 Å². The number of nitrogens with one attached hydrogen (secondary N) is 3. The van der Waals surface area contributed by atoms with Gasteiger partial charge in [-0.1, -0.05) is 44.2 Å². The normalized spacial score (nSPS) is 14.5. The number of carbonyl (C=O) groups is 5. The van der Waals surface area contributed by atoms with Crippen LogP contribution >= 0.6 is 0 Å². The molecule has 1 rings (SSSR count). The molecule has 0 aliphatic carbocycles. The first-order valence-electron chi connectivity index (χ1n) is 10.1. The van der Waals surface area contributed by atoms with E-state index in [1.807, 2.05) is 6.07 Å². The summed E-state index contributed by atoms with van der Waals surface area (Å²) in [7, 11) is 0. The Bertz CT molecular complexity index is 829. The smallest absolute Gasteiger partial charge is 0.326 e. The minimum atomic E-state index is -1.52. The van der Waals surface area contributed by atoms with Crippen molar-refractivity contribution in [3.8, 4) is 0 Å². The molecule has 0 aliphatic rings. The number of primary amides is 1. The van der Waals surface area contributed by atoms with Gasteiger partial charge in [0.1, 0.15) is 18.1 Å². The molecule has 0 aliphatic heterocycles. The molecular formula is C21H31N5O6. The molecule has 176 valence electrons. The highest BCUT2D eigenvalue weighted by molar-refractivity contribution is 5.94. The number of carbonyl (C=O) groups excluding carboxylic acids is 4. The molecule has 4 amide bonds. The van der Waals surface area contributed by atoms with Crippen molar-refractivity contribution in [3.63, 3.8) is 0 Å². The second-order valence-corrected chi connectivity index (χ2v) is 7.82. The van der Waals surface area contributed by atoms with Gasteiger partial charge in [-0.25, -0.2) is 4.79 Å². The fourth-order valence-corrected chi connectivity index (χ4v) is 2.71. The van der Waals surface area contributed by atoms with E-state index in [-0.39, 0.29) is 12.3 Å². The topological polar surface area (TPSA) is 194 Å². The first-order valence-corrected chi connectivity index (χ1v) is 10.1. The number of carboxylic acid groups (broad SMARTS) is 1. The number of hydrogen-bond donors (Lipinski definition) is 6. The van der Waals surface area contributed by atoms with Gasteiger partial charge in [0, 0.05) is 6.42 Å². The Morgan fingerprint density at radius 1 is 0.875 bits per heavy atom. The highest BCUT2D eigenvalue weighted by Gasteiger charge is 2.29. The van der Waals surface area contributed by atoms with Crippen molar-refractivity contribution >= 4 is 29.6 Å². The zero-order chi connectivity index (χ0) is 24.4. The van der Waals surface area contributed by atoms with Crippen LogP contribution in [-0.4, -0.2) is 58.9 Å².